The van der Waals surface area contributed by atoms with Crippen molar-refractivity contribution >= 4 is 0 Å². The van der Waals surface area contributed by atoms with Crippen molar-refractivity contribution in [3.8, 4) is 0 Å². The number of unbranched alkanes of at least 4 members (excludes halogenated alkanes) is 1. The largest absolute Gasteiger partial charge is 0.328 e. The molecule has 1 heterocycles. The maximum absolute atomic E-state index is 5.98. The lowest BCUT2D eigenvalue weighted by atomic mass is 9.98. The lowest BCUT2D eigenvalue weighted by Crippen LogP contribution is -2.32. The number of nitrogens with zero attached hydrogens (tertiary/aromatic N) is 1. The van der Waals surface area contributed by atoms with E-state index in [4.69, 9.17) is 5.73 Å². The van der Waals surface area contributed by atoms with Gasteiger partial charge in [-0.15, -0.1) is 0 Å². The van der Waals surface area contributed by atoms with Gasteiger partial charge >= 0.3 is 0 Å². The highest BCUT2D eigenvalue weighted by molar-refractivity contribution is 4.81. The zero-order valence-corrected chi connectivity index (χ0v) is 11.4. The molecule has 3 atom stereocenters. The Labute approximate surface area is 102 Å². The van der Waals surface area contributed by atoms with Gasteiger partial charge in [-0.2, -0.15) is 0 Å². The zero-order chi connectivity index (χ0) is 12.0. The number of hydrogen-bond donors (Lipinski definition) is 1. The van der Waals surface area contributed by atoms with Gasteiger partial charge in [-0.25, -0.2) is 0 Å². The Morgan fingerprint density at radius 3 is 2.62 bits per heavy atom. The first kappa shape index (κ1) is 14.0. The van der Waals surface area contributed by atoms with Gasteiger partial charge in [0.25, 0.3) is 0 Å². The average molecular weight is 226 g/mol. The first-order chi connectivity index (χ1) is 7.67. The normalized spacial score (nSPS) is 25.9. The summed E-state index contributed by atoms with van der Waals surface area (Å²) < 4.78 is 0. The van der Waals surface area contributed by atoms with Crippen LogP contribution in [0.2, 0.25) is 0 Å². The minimum absolute atomic E-state index is 0.376. The van der Waals surface area contributed by atoms with E-state index in [9.17, 15) is 0 Å². The number of nitrogens with two attached hydrogens (primary N) is 1. The third-order valence-corrected chi connectivity index (χ3v) is 4.11. The van der Waals surface area contributed by atoms with Gasteiger partial charge in [-0.05, 0) is 38.1 Å². The van der Waals surface area contributed by atoms with E-state index in [1.165, 1.54) is 51.7 Å². The van der Waals surface area contributed by atoms with Gasteiger partial charge in [-0.3, -0.25) is 0 Å². The lowest BCUT2D eigenvalue weighted by molar-refractivity contribution is 0.249. The van der Waals surface area contributed by atoms with Crippen molar-refractivity contribution in [2.45, 2.75) is 58.9 Å². The summed E-state index contributed by atoms with van der Waals surface area (Å²) in [6.45, 7) is 10.6. The third kappa shape index (κ3) is 4.42. The highest BCUT2D eigenvalue weighted by Gasteiger charge is 2.26. The summed E-state index contributed by atoms with van der Waals surface area (Å²) in [7, 11) is 0. The second-order valence-corrected chi connectivity index (χ2v) is 5.58. The Kier molecular flexibility index (Phi) is 6.37. The molecule has 16 heavy (non-hydrogen) atoms. The van der Waals surface area contributed by atoms with Crippen molar-refractivity contribution in [1.29, 1.82) is 0 Å². The maximum Gasteiger partial charge on any atom is 0.00514 e. The summed E-state index contributed by atoms with van der Waals surface area (Å²) in [4.78, 5) is 2.64. The molecule has 0 aromatic heterocycles. The molecule has 0 bridgehead atoms. The summed E-state index contributed by atoms with van der Waals surface area (Å²) in [6, 6.07) is 0.376. The van der Waals surface area contributed by atoms with Crippen LogP contribution < -0.4 is 5.73 Å². The minimum Gasteiger partial charge on any atom is -0.328 e. The predicted octanol–water partition coefficient (Wildman–Crippen LogP) is 2.87. The van der Waals surface area contributed by atoms with Gasteiger partial charge in [-0.1, -0.05) is 33.1 Å². The fourth-order valence-corrected chi connectivity index (χ4v) is 2.74. The molecule has 0 saturated carbocycles. The van der Waals surface area contributed by atoms with E-state index in [2.05, 4.69) is 25.7 Å². The second kappa shape index (κ2) is 7.29. The standard InChI is InChI=1S/C14H30N2/c1-4-6-7-13(5-2)10-16-9-8-14(11-16)12(3)15/h12-14H,4-11,15H2,1-3H3. The quantitative estimate of drug-likeness (QED) is 0.723. The van der Waals surface area contributed by atoms with Gasteiger partial charge in [0.15, 0.2) is 0 Å². The molecule has 96 valence electrons. The topological polar surface area (TPSA) is 29.3 Å². The van der Waals surface area contributed by atoms with E-state index in [-0.39, 0.29) is 0 Å². The molecule has 2 heteroatoms. The van der Waals surface area contributed by atoms with Gasteiger partial charge in [0.1, 0.15) is 0 Å². The van der Waals surface area contributed by atoms with Gasteiger partial charge in [0.05, 0.1) is 0 Å². The van der Waals surface area contributed by atoms with Crippen molar-refractivity contribution in [3.05, 3.63) is 0 Å². The molecule has 0 aromatic rings. The molecule has 1 aliphatic rings. The summed E-state index contributed by atoms with van der Waals surface area (Å²) in [5.41, 5.74) is 5.98. The van der Waals surface area contributed by atoms with Gasteiger partial charge in [0.2, 0.25) is 0 Å². The van der Waals surface area contributed by atoms with Crippen molar-refractivity contribution in [2.24, 2.45) is 17.6 Å². The van der Waals surface area contributed by atoms with Crippen molar-refractivity contribution in [1.82, 2.24) is 4.90 Å². The minimum atomic E-state index is 0.376. The Balaban J connectivity index is 2.25. The Hall–Kier alpha value is -0.0800. The molecule has 0 aliphatic carbocycles. The summed E-state index contributed by atoms with van der Waals surface area (Å²) in [5.74, 6) is 1.65. The zero-order valence-electron chi connectivity index (χ0n) is 11.4. The fourth-order valence-electron chi connectivity index (χ4n) is 2.74. The molecule has 3 unspecified atom stereocenters. The molecule has 0 radical (unpaired) electrons. The van der Waals surface area contributed by atoms with Crippen LogP contribution in [0.25, 0.3) is 0 Å². The van der Waals surface area contributed by atoms with Crippen LogP contribution in [0.3, 0.4) is 0 Å². The van der Waals surface area contributed by atoms with E-state index in [1.54, 1.807) is 0 Å². The molecule has 2 N–H and O–H groups in total. The first-order valence-electron chi connectivity index (χ1n) is 7.15. The van der Waals surface area contributed by atoms with Gasteiger partial charge in [0, 0.05) is 19.1 Å². The van der Waals surface area contributed by atoms with E-state index >= 15 is 0 Å². The maximum atomic E-state index is 5.98. The number of likely N-dealkylation sites (tertiary alicyclic amines) is 1. The van der Waals surface area contributed by atoms with Crippen LogP contribution in [0.15, 0.2) is 0 Å². The van der Waals surface area contributed by atoms with Crippen LogP contribution in [0, 0.1) is 11.8 Å². The van der Waals surface area contributed by atoms with E-state index < -0.39 is 0 Å². The summed E-state index contributed by atoms with van der Waals surface area (Å²) >= 11 is 0. The molecule has 0 spiro atoms. The molecule has 0 amide bonds. The van der Waals surface area contributed by atoms with Gasteiger partial charge < -0.3 is 10.6 Å². The number of hydrogen-bond acceptors (Lipinski definition) is 2. The molecule has 1 fully saturated rings. The monoisotopic (exact) mass is 226 g/mol. The highest BCUT2D eigenvalue weighted by atomic mass is 15.1. The molecule has 1 aliphatic heterocycles. The van der Waals surface area contributed by atoms with Crippen molar-refractivity contribution in [3.63, 3.8) is 0 Å². The van der Waals surface area contributed by atoms with Crippen molar-refractivity contribution in [2.75, 3.05) is 19.6 Å². The Morgan fingerprint density at radius 1 is 1.38 bits per heavy atom. The van der Waals surface area contributed by atoms with E-state index in [0.29, 0.717) is 6.04 Å². The molecular formula is C14H30N2. The molecular weight excluding hydrogens is 196 g/mol. The summed E-state index contributed by atoms with van der Waals surface area (Å²) in [5, 5.41) is 0. The predicted molar refractivity (Wildman–Crippen MR) is 71.5 cm³/mol. The summed E-state index contributed by atoms with van der Waals surface area (Å²) in [6.07, 6.45) is 6.77. The van der Waals surface area contributed by atoms with Crippen LogP contribution in [0.5, 0.6) is 0 Å². The van der Waals surface area contributed by atoms with E-state index in [1.807, 2.05) is 0 Å². The first-order valence-corrected chi connectivity index (χ1v) is 7.15. The Bertz CT molecular complexity index is 180. The third-order valence-electron chi connectivity index (χ3n) is 4.11. The molecule has 1 rings (SSSR count). The SMILES string of the molecule is CCCCC(CC)CN1CCC(C(C)N)C1. The van der Waals surface area contributed by atoms with Crippen molar-refractivity contribution < 1.29 is 0 Å². The second-order valence-electron chi connectivity index (χ2n) is 5.58. The van der Waals surface area contributed by atoms with Crippen LogP contribution in [0.4, 0.5) is 0 Å². The molecule has 2 nitrogen and oxygen atoms in total. The van der Waals surface area contributed by atoms with Crippen LogP contribution in [-0.2, 0) is 0 Å². The number of rotatable bonds is 7. The highest BCUT2D eigenvalue weighted by Crippen LogP contribution is 2.22. The fraction of sp³-hybridized carbons (Fsp3) is 1.00. The average Bonchev–Trinajstić information content (AvgIpc) is 2.72. The molecule has 0 aromatic carbocycles. The van der Waals surface area contributed by atoms with Crippen LogP contribution >= 0.6 is 0 Å². The Morgan fingerprint density at radius 2 is 2.12 bits per heavy atom. The molecule has 1 saturated heterocycles. The van der Waals surface area contributed by atoms with Crippen LogP contribution in [0.1, 0.15) is 52.9 Å². The lowest BCUT2D eigenvalue weighted by Gasteiger charge is -2.23. The smallest absolute Gasteiger partial charge is 0.00514 e. The van der Waals surface area contributed by atoms with E-state index in [0.717, 1.165) is 11.8 Å². The van der Waals surface area contributed by atoms with Crippen LogP contribution in [-0.4, -0.2) is 30.6 Å².